The van der Waals surface area contributed by atoms with Gasteiger partial charge in [0.25, 0.3) is 5.65 Å². The predicted octanol–water partition coefficient (Wildman–Crippen LogP) is 2.88. The summed E-state index contributed by atoms with van der Waals surface area (Å²) in [4.78, 5) is 11.3. The molecular weight excluding hydrogens is 322 g/mol. The van der Waals surface area contributed by atoms with Crippen LogP contribution in [-0.4, -0.2) is 28.6 Å². The number of rotatable bonds is 5. The lowest BCUT2D eigenvalue weighted by Crippen LogP contribution is -2.38. The molecule has 0 aliphatic carbocycles. The third-order valence-corrected chi connectivity index (χ3v) is 4.43. The zero-order valence-corrected chi connectivity index (χ0v) is 15.1. The molecule has 0 saturated heterocycles. The summed E-state index contributed by atoms with van der Waals surface area (Å²) < 4.78 is 4.37. The molecule has 0 spiro atoms. The first-order chi connectivity index (χ1) is 12.7. The van der Waals surface area contributed by atoms with Crippen LogP contribution in [-0.2, 0) is 13.1 Å². The third kappa shape index (κ3) is 3.16. The van der Waals surface area contributed by atoms with Crippen LogP contribution in [0.4, 0.5) is 5.82 Å². The lowest BCUT2D eigenvalue weighted by Gasteiger charge is -2.11. The average Bonchev–Trinajstić information content (AvgIpc) is 3.07. The minimum atomic E-state index is 0.762. The first-order valence-electron chi connectivity index (χ1n) is 8.71. The van der Waals surface area contributed by atoms with E-state index in [4.69, 9.17) is 0 Å². The number of nitrogens with zero attached hydrogens (tertiary/aromatic N) is 5. The van der Waals surface area contributed by atoms with Gasteiger partial charge in [0.1, 0.15) is 0 Å². The second kappa shape index (κ2) is 6.96. The summed E-state index contributed by atoms with van der Waals surface area (Å²) in [7, 11) is 4.00. The van der Waals surface area contributed by atoms with Crippen LogP contribution < -0.4 is 9.47 Å². The molecule has 130 valence electrons. The van der Waals surface area contributed by atoms with Gasteiger partial charge in [-0.3, -0.25) is 0 Å². The first-order valence-corrected chi connectivity index (χ1v) is 8.71. The Hall–Kier alpha value is -3.21. The normalized spacial score (nSPS) is 11.0. The van der Waals surface area contributed by atoms with Crippen LogP contribution in [0.15, 0.2) is 73.3 Å². The van der Waals surface area contributed by atoms with Gasteiger partial charge in [-0.05, 0) is 11.1 Å². The fourth-order valence-corrected chi connectivity index (χ4v) is 3.19. The Bertz CT molecular complexity index is 1010. The van der Waals surface area contributed by atoms with E-state index in [1.807, 2.05) is 43.8 Å². The number of anilines is 1. The van der Waals surface area contributed by atoms with Gasteiger partial charge < -0.3 is 4.90 Å². The van der Waals surface area contributed by atoms with Gasteiger partial charge >= 0.3 is 0 Å². The summed E-state index contributed by atoms with van der Waals surface area (Å²) in [6.45, 7) is 1.54. The Kier molecular flexibility index (Phi) is 4.35. The van der Waals surface area contributed by atoms with Crippen molar-refractivity contribution in [3.8, 4) is 0 Å². The highest BCUT2D eigenvalue weighted by Crippen LogP contribution is 2.20. The lowest BCUT2D eigenvalue weighted by atomic mass is 10.2. The summed E-state index contributed by atoms with van der Waals surface area (Å²) in [5, 5.41) is 0. The zero-order chi connectivity index (χ0) is 17.9. The van der Waals surface area contributed by atoms with Crippen molar-refractivity contribution in [3.05, 3.63) is 84.4 Å². The number of hydrogen-bond acceptors (Lipinski definition) is 3. The summed E-state index contributed by atoms with van der Waals surface area (Å²) >= 11 is 0. The molecule has 4 rings (SSSR count). The Morgan fingerprint density at radius 1 is 0.885 bits per heavy atom. The summed E-state index contributed by atoms with van der Waals surface area (Å²) in [6.07, 6.45) is 3.82. The van der Waals surface area contributed by atoms with Crippen LogP contribution in [0.5, 0.6) is 0 Å². The molecule has 0 unspecified atom stereocenters. The Balaban J connectivity index is 1.83. The van der Waals surface area contributed by atoms with Crippen LogP contribution in [0.3, 0.4) is 0 Å². The van der Waals surface area contributed by atoms with E-state index in [9.17, 15) is 0 Å². The molecule has 2 aromatic carbocycles. The molecule has 5 nitrogen and oxygen atoms in total. The van der Waals surface area contributed by atoms with Crippen LogP contribution in [0.1, 0.15) is 11.1 Å². The second-order valence-corrected chi connectivity index (χ2v) is 6.61. The van der Waals surface area contributed by atoms with Crippen LogP contribution in [0.25, 0.3) is 11.2 Å². The van der Waals surface area contributed by atoms with E-state index in [-0.39, 0.29) is 0 Å². The average molecular weight is 344 g/mol. The largest absolute Gasteiger partial charge is 0.347 e. The molecule has 0 bridgehead atoms. The van der Waals surface area contributed by atoms with Crippen molar-refractivity contribution in [1.82, 2.24) is 14.5 Å². The molecule has 2 heterocycles. The maximum absolute atomic E-state index is 4.68. The van der Waals surface area contributed by atoms with Gasteiger partial charge in [0.05, 0.1) is 13.1 Å². The van der Waals surface area contributed by atoms with Crippen LogP contribution in [0.2, 0.25) is 0 Å². The monoisotopic (exact) mass is 344 g/mol. The summed E-state index contributed by atoms with van der Waals surface area (Å²) in [6, 6.07) is 20.9. The van der Waals surface area contributed by atoms with Crippen molar-refractivity contribution in [2.75, 3.05) is 19.0 Å². The fraction of sp³-hybridized carbons (Fsp3) is 0.190. The van der Waals surface area contributed by atoms with Gasteiger partial charge in [0.15, 0.2) is 11.8 Å². The number of aromatic nitrogens is 4. The van der Waals surface area contributed by atoms with Gasteiger partial charge in [-0.1, -0.05) is 65.6 Å². The molecule has 5 heteroatoms. The SMILES string of the molecule is CN(C)c1nc[n+](Cc2ccccc2)c2c1ncn2Cc1ccccc1. The first kappa shape index (κ1) is 16.3. The highest BCUT2D eigenvalue weighted by atomic mass is 15.2. The van der Waals surface area contributed by atoms with Crippen LogP contribution >= 0.6 is 0 Å². The molecule has 0 amide bonds. The van der Waals surface area contributed by atoms with Crippen molar-refractivity contribution < 1.29 is 4.57 Å². The summed E-state index contributed by atoms with van der Waals surface area (Å²) in [5.74, 6) is 0.885. The molecule has 0 atom stereocenters. The highest BCUT2D eigenvalue weighted by molar-refractivity contribution is 5.81. The molecule has 0 aliphatic heterocycles. The predicted molar refractivity (Wildman–Crippen MR) is 103 cm³/mol. The number of hydrogen-bond donors (Lipinski definition) is 0. The molecule has 0 aliphatic rings. The maximum atomic E-state index is 4.68. The number of fused-ring (bicyclic) bond motifs is 1. The minimum absolute atomic E-state index is 0.762. The van der Waals surface area contributed by atoms with E-state index in [0.717, 1.165) is 30.1 Å². The zero-order valence-electron chi connectivity index (χ0n) is 15.1. The van der Waals surface area contributed by atoms with Crippen molar-refractivity contribution in [3.63, 3.8) is 0 Å². The maximum Gasteiger partial charge on any atom is 0.261 e. The van der Waals surface area contributed by atoms with E-state index in [1.165, 1.54) is 11.1 Å². The second-order valence-electron chi connectivity index (χ2n) is 6.61. The molecule has 0 fully saturated rings. The minimum Gasteiger partial charge on any atom is -0.347 e. The van der Waals surface area contributed by atoms with E-state index < -0.39 is 0 Å². The van der Waals surface area contributed by atoms with Crippen molar-refractivity contribution in [2.24, 2.45) is 0 Å². The lowest BCUT2D eigenvalue weighted by molar-refractivity contribution is -0.667. The van der Waals surface area contributed by atoms with Gasteiger partial charge in [0.2, 0.25) is 12.1 Å². The molecule has 26 heavy (non-hydrogen) atoms. The number of benzene rings is 2. The van der Waals surface area contributed by atoms with Gasteiger partial charge in [-0.15, -0.1) is 0 Å². The topological polar surface area (TPSA) is 37.8 Å². The van der Waals surface area contributed by atoms with E-state index in [0.29, 0.717) is 0 Å². The third-order valence-electron chi connectivity index (χ3n) is 4.43. The summed E-state index contributed by atoms with van der Waals surface area (Å²) in [5.41, 5.74) is 4.49. The van der Waals surface area contributed by atoms with Crippen LogP contribution in [0, 0.1) is 0 Å². The Morgan fingerprint density at radius 3 is 2.19 bits per heavy atom. The fourth-order valence-electron chi connectivity index (χ4n) is 3.19. The molecule has 0 radical (unpaired) electrons. The quantitative estimate of drug-likeness (QED) is 0.523. The van der Waals surface area contributed by atoms with E-state index in [2.05, 4.69) is 67.6 Å². The smallest absolute Gasteiger partial charge is 0.261 e. The standard InChI is InChI=1S/C21H22N5/c1-24(2)20-19-21(25(15-22-19)13-17-9-5-3-6-10-17)26(16-23-20)14-18-11-7-4-8-12-18/h3-12,15-16H,13-14H2,1-2H3/q+1. The van der Waals surface area contributed by atoms with Gasteiger partial charge in [-0.25, -0.2) is 14.1 Å². The van der Waals surface area contributed by atoms with Gasteiger partial charge in [0, 0.05) is 14.1 Å². The van der Waals surface area contributed by atoms with E-state index >= 15 is 0 Å². The molecule has 0 N–H and O–H groups in total. The molecular formula is C21H22N5+. The Morgan fingerprint density at radius 2 is 1.54 bits per heavy atom. The Labute approximate surface area is 153 Å². The molecule has 2 aromatic heterocycles. The van der Waals surface area contributed by atoms with Crippen molar-refractivity contribution >= 4 is 17.0 Å². The molecule has 4 aromatic rings. The van der Waals surface area contributed by atoms with E-state index in [1.54, 1.807) is 0 Å². The van der Waals surface area contributed by atoms with Crippen molar-refractivity contribution in [2.45, 2.75) is 13.1 Å². The molecule has 0 saturated carbocycles. The van der Waals surface area contributed by atoms with Crippen molar-refractivity contribution in [1.29, 1.82) is 0 Å². The highest BCUT2D eigenvalue weighted by Gasteiger charge is 2.21. The number of imidazole rings is 1. The van der Waals surface area contributed by atoms with Gasteiger partial charge in [-0.2, -0.15) is 0 Å².